The molecule has 0 saturated heterocycles. The Morgan fingerprint density at radius 1 is 0.741 bits per heavy atom. The summed E-state index contributed by atoms with van der Waals surface area (Å²) in [5.74, 6) is 1.87. The second-order valence-electron chi connectivity index (χ2n) is 6.82. The molecule has 0 saturated carbocycles. The van der Waals surface area contributed by atoms with Crippen LogP contribution in [0.1, 0.15) is 22.3 Å². The summed E-state index contributed by atoms with van der Waals surface area (Å²) in [5.41, 5.74) is 8.66. The molecule has 2 aromatic carbocycles. The van der Waals surface area contributed by atoms with Crippen molar-refractivity contribution in [3.63, 3.8) is 0 Å². The maximum Gasteiger partial charge on any atom is 0 e. The number of halogens is 2. The molecule has 0 amide bonds. The van der Waals surface area contributed by atoms with Gasteiger partial charge in [0.1, 0.15) is 0 Å². The van der Waals surface area contributed by atoms with Gasteiger partial charge >= 0.3 is 0 Å². The van der Waals surface area contributed by atoms with Crippen LogP contribution in [0.4, 0.5) is 0 Å². The molecule has 0 aromatic heterocycles. The predicted molar refractivity (Wildman–Crippen MR) is 101 cm³/mol. The number of hydrogen-bond donors (Lipinski definition) is 0. The van der Waals surface area contributed by atoms with Crippen LogP contribution in [0.15, 0.2) is 84.0 Å². The molecule has 0 N–H and O–H groups in total. The molecule has 1 unspecified atom stereocenters. The molecule has 0 fully saturated rings. The van der Waals surface area contributed by atoms with E-state index in [-0.39, 0.29) is 50.7 Å². The zero-order chi connectivity index (χ0) is 15.9. The van der Waals surface area contributed by atoms with Crippen LogP contribution >= 0.6 is 0 Å². The molecule has 0 bridgehead atoms. The van der Waals surface area contributed by atoms with Crippen LogP contribution in [0.25, 0.3) is 12.2 Å². The van der Waals surface area contributed by atoms with Crippen molar-refractivity contribution < 1.29 is 50.7 Å². The first-order chi connectivity index (χ1) is 11.9. The fourth-order valence-electron chi connectivity index (χ4n) is 4.14. The van der Waals surface area contributed by atoms with E-state index in [1.165, 1.54) is 39.3 Å². The van der Waals surface area contributed by atoms with Crippen LogP contribution in [0.3, 0.4) is 0 Å². The van der Waals surface area contributed by atoms with Gasteiger partial charge in [0.05, 0.1) is 0 Å². The van der Waals surface area contributed by atoms with Crippen molar-refractivity contribution in [2.24, 2.45) is 5.92 Å². The summed E-state index contributed by atoms with van der Waals surface area (Å²) in [6.45, 7) is 0. The number of benzene rings is 2. The van der Waals surface area contributed by atoms with Gasteiger partial charge in [0, 0.05) is 25.8 Å². The Kier molecular flexibility index (Phi) is 7.56. The third-order valence-corrected chi connectivity index (χ3v) is 5.35. The van der Waals surface area contributed by atoms with Gasteiger partial charge in [0.2, 0.25) is 0 Å². The summed E-state index contributed by atoms with van der Waals surface area (Å²) in [6, 6.07) is 17.5. The van der Waals surface area contributed by atoms with Crippen molar-refractivity contribution in [2.75, 3.05) is 0 Å². The van der Waals surface area contributed by atoms with Gasteiger partial charge in [-0.3, -0.25) is 0 Å². The molecule has 2 aromatic rings. The molecule has 0 heterocycles. The van der Waals surface area contributed by atoms with Crippen molar-refractivity contribution in [3.8, 4) is 0 Å². The summed E-state index contributed by atoms with van der Waals surface area (Å²) >= 11 is 0. The minimum absolute atomic E-state index is 0. The number of fused-ring (bicyclic) bond motifs is 2. The molecular weight excluding hydrogens is 538 g/mol. The van der Waals surface area contributed by atoms with Crippen LogP contribution < -0.4 is 24.8 Å². The zero-order valence-electron chi connectivity index (χ0n) is 14.8. The van der Waals surface area contributed by atoms with E-state index in [9.17, 15) is 0 Å². The van der Waals surface area contributed by atoms with Crippen molar-refractivity contribution in [1.29, 1.82) is 0 Å². The number of allylic oxidation sites excluding steroid dienone is 6. The van der Waals surface area contributed by atoms with Gasteiger partial charge in [-0.05, 0) is 29.9 Å². The van der Waals surface area contributed by atoms with E-state index in [4.69, 9.17) is 0 Å². The first-order valence-electron chi connectivity index (χ1n) is 8.67. The Bertz CT molecular complexity index is 859. The average Bonchev–Trinajstić information content (AvgIpc) is 3.25. The Labute approximate surface area is 192 Å². The van der Waals surface area contributed by atoms with Crippen LogP contribution in [0.5, 0.6) is 0 Å². The van der Waals surface area contributed by atoms with Crippen LogP contribution in [0.2, 0.25) is 0 Å². The molecule has 136 valence electrons. The third-order valence-electron chi connectivity index (χ3n) is 5.35. The maximum atomic E-state index is 2.39. The largest absolute Gasteiger partial charge is 1.00 e. The molecule has 0 spiro atoms. The standard InChI is InChI=1S/C24H19.2ClH.Hf/c1-2-8-18-14-21(13-17(18)7-1)23-11-5-6-12-24(23)22-15-19-9-3-4-10-20(19)16-22;;;/h1-13,15,23H,14,16H2;2*1H;/q-1;;;/p-2. The van der Waals surface area contributed by atoms with Gasteiger partial charge in [-0.2, -0.15) is 12.2 Å². The minimum atomic E-state index is 0. The fraction of sp³-hybridized carbons (Fsp3) is 0.125. The molecule has 5 rings (SSSR count). The van der Waals surface area contributed by atoms with Gasteiger partial charge in [-0.1, -0.05) is 77.4 Å². The summed E-state index contributed by atoms with van der Waals surface area (Å²) in [6.07, 6.45) is 15.9. The van der Waals surface area contributed by atoms with Crippen LogP contribution in [-0.2, 0) is 38.7 Å². The monoisotopic (exact) mass is 557 g/mol. The van der Waals surface area contributed by atoms with Crippen molar-refractivity contribution in [1.82, 2.24) is 0 Å². The Morgan fingerprint density at radius 2 is 1.37 bits per heavy atom. The summed E-state index contributed by atoms with van der Waals surface area (Å²) < 4.78 is 0. The van der Waals surface area contributed by atoms with Gasteiger partial charge < -0.3 is 24.8 Å². The summed E-state index contributed by atoms with van der Waals surface area (Å²) in [4.78, 5) is 0. The quantitative estimate of drug-likeness (QED) is 0.349. The average molecular weight is 557 g/mol. The zero-order valence-corrected chi connectivity index (χ0v) is 19.9. The summed E-state index contributed by atoms with van der Waals surface area (Å²) in [7, 11) is 0. The molecule has 3 heteroatoms. The Hall–Kier alpha value is -1.28. The molecule has 0 nitrogen and oxygen atoms in total. The molecule has 1 atom stereocenters. The molecule has 0 radical (unpaired) electrons. The second-order valence-corrected chi connectivity index (χ2v) is 6.82. The van der Waals surface area contributed by atoms with Gasteiger partial charge in [0.15, 0.2) is 0 Å². The van der Waals surface area contributed by atoms with E-state index in [1.54, 1.807) is 0 Å². The van der Waals surface area contributed by atoms with Gasteiger partial charge in [-0.15, -0.1) is 23.6 Å². The first-order valence-corrected chi connectivity index (χ1v) is 8.67. The molecule has 0 aliphatic heterocycles. The van der Waals surface area contributed by atoms with Crippen molar-refractivity contribution >= 4 is 12.2 Å². The van der Waals surface area contributed by atoms with Crippen molar-refractivity contribution in [3.05, 3.63) is 112 Å². The third kappa shape index (κ3) is 4.11. The maximum absolute atomic E-state index is 2.39. The normalized spacial score (nSPS) is 18.4. The van der Waals surface area contributed by atoms with E-state index >= 15 is 0 Å². The van der Waals surface area contributed by atoms with Crippen LogP contribution in [0, 0.1) is 11.8 Å². The topological polar surface area (TPSA) is 0 Å². The molecule has 3 aliphatic carbocycles. The number of rotatable bonds is 2. The van der Waals surface area contributed by atoms with E-state index in [2.05, 4.69) is 85.0 Å². The Balaban J connectivity index is 0.000000871. The van der Waals surface area contributed by atoms with Crippen LogP contribution in [-0.4, -0.2) is 0 Å². The number of hydrogen-bond acceptors (Lipinski definition) is 0. The Morgan fingerprint density at radius 3 is 2.04 bits per heavy atom. The van der Waals surface area contributed by atoms with E-state index in [0.717, 1.165) is 12.8 Å². The van der Waals surface area contributed by atoms with E-state index in [1.807, 2.05) is 0 Å². The smallest absolute Gasteiger partial charge is 0 e. The first kappa shape index (κ1) is 22.0. The minimum Gasteiger partial charge on any atom is -1.00 e. The molecule has 27 heavy (non-hydrogen) atoms. The van der Waals surface area contributed by atoms with Gasteiger partial charge in [0.25, 0.3) is 0 Å². The summed E-state index contributed by atoms with van der Waals surface area (Å²) in [5, 5.41) is 0. The second kappa shape index (κ2) is 9.28. The van der Waals surface area contributed by atoms with E-state index < -0.39 is 0 Å². The van der Waals surface area contributed by atoms with Crippen molar-refractivity contribution in [2.45, 2.75) is 12.8 Å². The molecular formula is C24H19Cl2Hf-3. The molecule has 3 aliphatic rings. The SMILES string of the molecule is C1=C[C-](C2=Cc3ccccc3C2)C(C2=Cc3ccccc3C2)C=C1.[Cl-].[Cl-].[Hf]. The fourth-order valence-corrected chi connectivity index (χ4v) is 4.14. The van der Waals surface area contributed by atoms with Gasteiger partial charge in [-0.25, -0.2) is 0 Å². The van der Waals surface area contributed by atoms with E-state index in [0.29, 0.717) is 5.92 Å². The predicted octanol–water partition coefficient (Wildman–Crippen LogP) is -0.412.